The molecule has 1 N–H and O–H groups in total. The van der Waals surface area contributed by atoms with Crippen LogP contribution in [0, 0.1) is 23.3 Å². The molecule has 2 aromatic rings. The summed E-state index contributed by atoms with van der Waals surface area (Å²) in [4.78, 5) is 6.32. The fraction of sp³-hybridized carbons (Fsp3) is 0.385. The lowest BCUT2D eigenvalue weighted by Gasteiger charge is -2.25. The Labute approximate surface area is 190 Å². The van der Waals surface area contributed by atoms with E-state index in [1.807, 2.05) is 12.1 Å². The van der Waals surface area contributed by atoms with Crippen LogP contribution in [0.15, 0.2) is 53.3 Å². The number of hydrogen-bond acceptors (Lipinski definition) is 3. The van der Waals surface area contributed by atoms with Crippen LogP contribution < -0.4 is 0 Å². The molecular weight excluding hydrogens is 406 g/mol. The van der Waals surface area contributed by atoms with E-state index < -0.39 is 0 Å². The molecule has 0 saturated carbocycles. The molecule has 31 heavy (non-hydrogen) atoms. The van der Waals surface area contributed by atoms with Gasteiger partial charge in [0.2, 0.25) is 0 Å². The van der Waals surface area contributed by atoms with Crippen molar-refractivity contribution in [1.29, 1.82) is 5.26 Å². The van der Waals surface area contributed by atoms with E-state index in [9.17, 15) is 10.4 Å². The van der Waals surface area contributed by atoms with Gasteiger partial charge in [-0.3, -0.25) is 0 Å². The summed E-state index contributed by atoms with van der Waals surface area (Å²) in [5.41, 5.74) is 5.62. The third-order valence-electron chi connectivity index (χ3n) is 5.57. The molecule has 0 aliphatic carbocycles. The molecular formula is C26H29ClN3O+. The van der Waals surface area contributed by atoms with Gasteiger partial charge in [0.1, 0.15) is 11.6 Å². The number of aliphatic hydroxyl groups is 1. The first kappa shape index (κ1) is 22.9. The second-order valence-corrected chi connectivity index (χ2v) is 8.30. The number of nitriles is 1. The summed E-state index contributed by atoms with van der Waals surface area (Å²) in [5.74, 6) is 0.182. The summed E-state index contributed by atoms with van der Waals surface area (Å²) in [7, 11) is 0. The van der Waals surface area contributed by atoms with Crippen LogP contribution in [0.5, 0.6) is 0 Å². The maximum Gasteiger partial charge on any atom is 0.430 e. The Morgan fingerprint density at radius 1 is 1.16 bits per heavy atom. The van der Waals surface area contributed by atoms with Crippen LogP contribution in [0.4, 0.5) is 0 Å². The highest BCUT2D eigenvalue weighted by Crippen LogP contribution is 2.28. The van der Waals surface area contributed by atoms with Crippen LogP contribution in [-0.4, -0.2) is 23.2 Å². The van der Waals surface area contributed by atoms with Gasteiger partial charge in [-0.05, 0) is 46.0 Å². The van der Waals surface area contributed by atoms with Gasteiger partial charge in [-0.1, -0.05) is 63.1 Å². The Hall–Kier alpha value is -2.79. The van der Waals surface area contributed by atoms with E-state index in [0.29, 0.717) is 23.0 Å². The van der Waals surface area contributed by atoms with Crippen molar-refractivity contribution in [3.05, 3.63) is 74.9 Å². The van der Waals surface area contributed by atoms with Crippen LogP contribution >= 0.6 is 11.6 Å². The Morgan fingerprint density at radius 2 is 1.90 bits per heavy atom. The van der Waals surface area contributed by atoms with Crippen LogP contribution in [0.3, 0.4) is 0 Å². The van der Waals surface area contributed by atoms with Crippen LogP contribution in [0.2, 0.25) is 0 Å². The molecule has 0 saturated heterocycles. The minimum Gasteiger partial charge on any atom is -0.390 e. The molecule has 0 bridgehead atoms. The van der Waals surface area contributed by atoms with Crippen molar-refractivity contribution in [2.75, 3.05) is 13.2 Å². The first-order valence-electron chi connectivity index (χ1n) is 10.9. The summed E-state index contributed by atoms with van der Waals surface area (Å²) < 4.78 is 0. The van der Waals surface area contributed by atoms with Crippen molar-refractivity contribution in [3.8, 4) is 23.3 Å². The SMILES string of the molecule is CCCc1ccc(-c2ccc(CN3CC(CCC)C#[N+]C(Cl)=C3CO)cc2)c(C#N)c1. The predicted molar refractivity (Wildman–Crippen MR) is 127 cm³/mol. The molecule has 1 heterocycles. The fourth-order valence-electron chi connectivity index (χ4n) is 3.98. The summed E-state index contributed by atoms with van der Waals surface area (Å²) in [5, 5.41) is 19.8. The highest BCUT2D eigenvalue weighted by molar-refractivity contribution is 6.31. The summed E-state index contributed by atoms with van der Waals surface area (Å²) in [6.07, 6.45) is 4.06. The Balaban J connectivity index is 1.82. The normalized spacial score (nSPS) is 15.8. The lowest BCUT2D eigenvalue weighted by molar-refractivity contribution is 0.232. The van der Waals surface area contributed by atoms with Crippen LogP contribution in [0.1, 0.15) is 49.8 Å². The maximum atomic E-state index is 9.86. The maximum absolute atomic E-state index is 9.86. The topological polar surface area (TPSA) is 51.6 Å². The molecule has 1 aliphatic heterocycles. The minimum absolute atomic E-state index is 0.156. The van der Waals surface area contributed by atoms with E-state index in [1.54, 1.807) is 0 Å². The molecule has 0 spiro atoms. The summed E-state index contributed by atoms with van der Waals surface area (Å²) >= 11 is 6.31. The van der Waals surface area contributed by atoms with Gasteiger partial charge in [0.25, 0.3) is 6.07 Å². The number of rotatable bonds is 8. The van der Waals surface area contributed by atoms with Crippen molar-refractivity contribution in [2.24, 2.45) is 5.92 Å². The summed E-state index contributed by atoms with van der Waals surface area (Å²) in [6, 6.07) is 19.9. The number of halogens is 1. The predicted octanol–water partition coefficient (Wildman–Crippen LogP) is 6.14. The lowest BCUT2D eigenvalue weighted by Crippen LogP contribution is -2.29. The standard InChI is InChI=1S/C26H29ClN3O/c1-3-5-19-9-12-24(23(13-19)14-28)22-10-7-20(8-11-22)16-30-17-21(6-4-2)15-29-26(27)25(30)18-31/h7-13,21,31H,3-6,16-18H2,1-2H3/q+1. The van der Waals surface area contributed by atoms with Gasteiger partial charge in [0.05, 0.1) is 18.2 Å². The van der Waals surface area contributed by atoms with Gasteiger partial charge in [0.15, 0.2) is 0 Å². The van der Waals surface area contributed by atoms with Crippen LogP contribution in [-0.2, 0) is 13.0 Å². The highest BCUT2D eigenvalue weighted by Gasteiger charge is 2.27. The van der Waals surface area contributed by atoms with Crippen molar-refractivity contribution < 1.29 is 5.11 Å². The highest BCUT2D eigenvalue weighted by atomic mass is 35.5. The van der Waals surface area contributed by atoms with Gasteiger partial charge in [-0.25, -0.2) is 0 Å². The molecule has 1 unspecified atom stereocenters. The number of hydrogen-bond donors (Lipinski definition) is 1. The van der Waals surface area contributed by atoms with Gasteiger partial charge in [-0.15, -0.1) is 0 Å². The largest absolute Gasteiger partial charge is 0.430 e. The second-order valence-electron chi connectivity index (χ2n) is 7.94. The number of benzene rings is 2. The quantitative estimate of drug-likeness (QED) is 0.507. The molecule has 4 nitrogen and oxygen atoms in total. The smallest absolute Gasteiger partial charge is 0.390 e. The number of nitrogens with zero attached hydrogens (tertiary/aromatic N) is 3. The molecule has 1 atom stereocenters. The third-order valence-corrected chi connectivity index (χ3v) is 5.88. The van der Waals surface area contributed by atoms with E-state index in [2.05, 4.69) is 66.1 Å². The third kappa shape index (κ3) is 5.67. The van der Waals surface area contributed by atoms with E-state index >= 15 is 0 Å². The lowest BCUT2D eigenvalue weighted by atomic mass is 9.96. The minimum atomic E-state index is -0.156. The van der Waals surface area contributed by atoms with E-state index in [-0.39, 0.29) is 12.5 Å². The van der Waals surface area contributed by atoms with Crippen molar-refractivity contribution in [3.63, 3.8) is 0 Å². The zero-order chi connectivity index (χ0) is 22.2. The first-order chi connectivity index (χ1) is 15.1. The first-order valence-corrected chi connectivity index (χ1v) is 11.3. The monoisotopic (exact) mass is 434 g/mol. The molecule has 3 rings (SSSR count). The zero-order valence-corrected chi connectivity index (χ0v) is 19.0. The Morgan fingerprint density at radius 3 is 2.55 bits per heavy atom. The van der Waals surface area contributed by atoms with Crippen molar-refractivity contribution in [1.82, 2.24) is 4.90 Å². The fourth-order valence-corrected chi connectivity index (χ4v) is 4.21. The summed E-state index contributed by atoms with van der Waals surface area (Å²) in [6.45, 7) is 5.48. The van der Waals surface area contributed by atoms with E-state index in [0.717, 1.165) is 48.9 Å². The van der Waals surface area contributed by atoms with Crippen molar-refractivity contribution >= 4 is 11.6 Å². The number of aliphatic hydroxyl groups excluding tert-OH is 1. The zero-order valence-electron chi connectivity index (χ0n) is 18.2. The Bertz CT molecular complexity index is 1040. The van der Waals surface area contributed by atoms with Gasteiger partial charge >= 0.3 is 5.16 Å². The van der Waals surface area contributed by atoms with Gasteiger partial charge in [0, 0.05) is 24.7 Å². The molecule has 0 fully saturated rings. The van der Waals surface area contributed by atoms with Crippen LogP contribution in [0.25, 0.3) is 16.0 Å². The van der Waals surface area contributed by atoms with E-state index in [1.165, 1.54) is 5.56 Å². The average Bonchev–Trinajstić information content (AvgIpc) is 2.93. The van der Waals surface area contributed by atoms with E-state index in [4.69, 9.17) is 11.6 Å². The second kappa shape index (κ2) is 11.0. The molecule has 2 aromatic carbocycles. The molecule has 0 aromatic heterocycles. The molecule has 0 amide bonds. The molecule has 1 aliphatic rings. The number of aryl methyl sites for hydroxylation is 1. The molecule has 160 valence electrons. The molecule has 0 radical (unpaired) electrons. The van der Waals surface area contributed by atoms with Gasteiger partial charge < -0.3 is 10.0 Å². The molecule has 5 heteroatoms. The Kier molecular flexibility index (Phi) is 8.13. The van der Waals surface area contributed by atoms with Crippen molar-refractivity contribution in [2.45, 2.75) is 46.1 Å². The van der Waals surface area contributed by atoms with Gasteiger partial charge in [-0.2, -0.15) is 5.26 Å². The average molecular weight is 435 g/mol.